The van der Waals surface area contributed by atoms with Gasteiger partial charge in [0.25, 0.3) is 5.56 Å². The Hall–Kier alpha value is -1.89. The number of ether oxygens (including phenoxy) is 1. The second-order valence-electron chi connectivity index (χ2n) is 5.74. The van der Waals surface area contributed by atoms with Crippen molar-refractivity contribution in [2.75, 3.05) is 13.7 Å². The second kappa shape index (κ2) is 8.66. The number of nitrogens with zero attached hydrogens (tertiary/aromatic N) is 2. The van der Waals surface area contributed by atoms with E-state index in [9.17, 15) is 9.18 Å². The Morgan fingerprint density at radius 3 is 2.85 bits per heavy atom. The third kappa shape index (κ3) is 4.26. The van der Waals surface area contributed by atoms with Gasteiger partial charge in [-0.25, -0.2) is 9.37 Å². The summed E-state index contributed by atoms with van der Waals surface area (Å²) in [6.07, 6.45) is 0.685. The highest BCUT2D eigenvalue weighted by atomic mass is 35.5. The Balaban J connectivity index is 1.98. The molecule has 0 amide bonds. The molecule has 0 bridgehead atoms. The van der Waals surface area contributed by atoms with Crippen molar-refractivity contribution < 1.29 is 9.13 Å². The van der Waals surface area contributed by atoms with E-state index in [-0.39, 0.29) is 11.4 Å². The van der Waals surface area contributed by atoms with Crippen molar-refractivity contribution in [1.29, 1.82) is 0 Å². The summed E-state index contributed by atoms with van der Waals surface area (Å²) in [5, 5.41) is 1.58. The molecular weight excluding hydrogens is 375 g/mol. The lowest BCUT2D eigenvalue weighted by Gasteiger charge is -2.13. The molecule has 0 aliphatic heterocycles. The Morgan fingerprint density at radius 1 is 1.27 bits per heavy atom. The van der Waals surface area contributed by atoms with Gasteiger partial charge in [0.15, 0.2) is 5.16 Å². The highest BCUT2D eigenvalue weighted by Gasteiger charge is 2.13. The van der Waals surface area contributed by atoms with Crippen LogP contribution in [0.1, 0.15) is 12.0 Å². The van der Waals surface area contributed by atoms with E-state index in [2.05, 4.69) is 4.98 Å². The lowest BCUT2D eigenvalue weighted by atomic mass is 10.2. The average Bonchev–Trinajstić information content (AvgIpc) is 2.63. The minimum Gasteiger partial charge on any atom is -0.385 e. The molecule has 1 heterocycles. The number of thioether (sulfide) groups is 1. The van der Waals surface area contributed by atoms with Crippen molar-refractivity contribution in [2.24, 2.45) is 0 Å². The largest absolute Gasteiger partial charge is 0.385 e. The van der Waals surface area contributed by atoms with Crippen LogP contribution in [0.3, 0.4) is 0 Å². The van der Waals surface area contributed by atoms with Crippen LogP contribution in [0.2, 0.25) is 5.02 Å². The zero-order chi connectivity index (χ0) is 18.5. The molecule has 1 aromatic heterocycles. The molecule has 136 valence electrons. The maximum atomic E-state index is 13.9. The van der Waals surface area contributed by atoms with Crippen LogP contribution in [0.5, 0.6) is 0 Å². The number of hydrogen-bond donors (Lipinski definition) is 0. The summed E-state index contributed by atoms with van der Waals surface area (Å²) >= 11 is 7.37. The number of aromatic nitrogens is 2. The second-order valence-corrected chi connectivity index (χ2v) is 7.12. The average molecular weight is 393 g/mol. The highest BCUT2D eigenvalue weighted by Crippen LogP contribution is 2.24. The SMILES string of the molecule is COCCCn1c(SCc2ccccc2F)nc2cc(Cl)ccc2c1=O. The van der Waals surface area contributed by atoms with Crippen LogP contribution in [0.25, 0.3) is 10.9 Å². The molecular formula is C19H18ClFN2O2S. The number of fused-ring (bicyclic) bond motifs is 1. The van der Waals surface area contributed by atoms with Crippen molar-refractivity contribution in [3.8, 4) is 0 Å². The number of rotatable bonds is 7. The van der Waals surface area contributed by atoms with Gasteiger partial charge in [-0.1, -0.05) is 41.6 Å². The first-order valence-corrected chi connectivity index (χ1v) is 9.51. The Morgan fingerprint density at radius 2 is 2.08 bits per heavy atom. The summed E-state index contributed by atoms with van der Waals surface area (Å²) < 4.78 is 20.6. The van der Waals surface area contributed by atoms with Gasteiger partial charge in [0.05, 0.1) is 10.9 Å². The smallest absolute Gasteiger partial charge is 0.262 e. The van der Waals surface area contributed by atoms with Crippen LogP contribution < -0.4 is 5.56 Å². The predicted octanol–water partition coefficient (Wildman–Crippen LogP) is 4.52. The molecule has 3 aromatic rings. The maximum Gasteiger partial charge on any atom is 0.262 e. The van der Waals surface area contributed by atoms with Gasteiger partial charge in [0.1, 0.15) is 5.82 Å². The van der Waals surface area contributed by atoms with E-state index < -0.39 is 0 Å². The van der Waals surface area contributed by atoms with E-state index in [0.29, 0.717) is 52.0 Å². The lowest BCUT2D eigenvalue weighted by Crippen LogP contribution is -2.24. The molecule has 0 atom stereocenters. The first-order chi connectivity index (χ1) is 12.6. The number of hydrogen-bond acceptors (Lipinski definition) is 4. The van der Waals surface area contributed by atoms with E-state index >= 15 is 0 Å². The molecule has 0 unspecified atom stereocenters. The minimum atomic E-state index is -0.267. The molecule has 0 saturated carbocycles. The van der Waals surface area contributed by atoms with E-state index in [1.165, 1.54) is 17.8 Å². The number of halogens is 2. The molecule has 3 rings (SSSR count). The van der Waals surface area contributed by atoms with Crippen LogP contribution >= 0.6 is 23.4 Å². The standard InChI is InChI=1S/C19H18ClFN2O2S/c1-25-10-4-9-23-18(24)15-8-7-14(20)11-17(15)22-19(23)26-12-13-5-2-3-6-16(13)21/h2-3,5-8,11H,4,9-10,12H2,1H3. The van der Waals surface area contributed by atoms with Gasteiger partial charge in [0, 0.05) is 31.0 Å². The molecule has 0 aliphatic rings. The monoisotopic (exact) mass is 392 g/mol. The van der Waals surface area contributed by atoms with Crippen LogP contribution in [0, 0.1) is 5.82 Å². The fourth-order valence-corrected chi connectivity index (χ4v) is 3.78. The molecule has 0 aliphatic carbocycles. The third-order valence-corrected chi connectivity index (χ3v) is 5.19. The van der Waals surface area contributed by atoms with E-state index in [4.69, 9.17) is 16.3 Å². The summed E-state index contributed by atoms with van der Waals surface area (Å²) in [5.74, 6) is 0.118. The van der Waals surface area contributed by atoms with Crippen molar-refractivity contribution >= 4 is 34.3 Å². The topological polar surface area (TPSA) is 44.1 Å². The predicted molar refractivity (Wildman–Crippen MR) is 103 cm³/mol. The van der Waals surface area contributed by atoms with Crippen LogP contribution in [-0.4, -0.2) is 23.3 Å². The van der Waals surface area contributed by atoms with Gasteiger partial charge >= 0.3 is 0 Å². The molecule has 0 fully saturated rings. The summed E-state index contributed by atoms with van der Waals surface area (Å²) in [7, 11) is 1.62. The fraction of sp³-hybridized carbons (Fsp3) is 0.263. The molecule has 0 spiro atoms. The summed E-state index contributed by atoms with van der Waals surface area (Å²) in [6.45, 7) is 1.03. The molecule has 2 aromatic carbocycles. The normalized spacial score (nSPS) is 11.2. The van der Waals surface area contributed by atoms with Crippen molar-refractivity contribution in [3.05, 3.63) is 69.2 Å². The molecule has 26 heavy (non-hydrogen) atoms. The Labute approximate surface area is 160 Å². The maximum absolute atomic E-state index is 13.9. The molecule has 7 heteroatoms. The van der Waals surface area contributed by atoms with Crippen molar-refractivity contribution in [1.82, 2.24) is 9.55 Å². The fourth-order valence-electron chi connectivity index (χ4n) is 2.61. The molecule has 0 N–H and O–H groups in total. The van der Waals surface area contributed by atoms with Gasteiger partial charge in [-0.15, -0.1) is 0 Å². The first-order valence-electron chi connectivity index (χ1n) is 8.15. The zero-order valence-corrected chi connectivity index (χ0v) is 15.8. The van der Waals surface area contributed by atoms with E-state index in [1.54, 1.807) is 48.1 Å². The Kier molecular flexibility index (Phi) is 6.29. The Bertz CT molecular complexity index is 977. The summed E-state index contributed by atoms with van der Waals surface area (Å²) in [5.41, 5.74) is 0.988. The van der Waals surface area contributed by atoms with E-state index in [0.717, 1.165) is 0 Å². The van der Waals surface area contributed by atoms with Crippen LogP contribution in [0.15, 0.2) is 52.4 Å². The third-order valence-electron chi connectivity index (χ3n) is 3.93. The van der Waals surface area contributed by atoms with Crippen LogP contribution in [-0.2, 0) is 17.0 Å². The quantitative estimate of drug-likeness (QED) is 0.337. The minimum absolute atomic E-state index is 0.126. The van der Waals surface area contributed by atoms with Gasteiger partial charge in [-0.2, -0.15) is 0 Å². The summed E-state index contributed by atoms with van der Waals surface area (Å²) in [6, 6.07) is 11.6. The summed E-state index contributed by atoms with van der Waals surface area (Å²) in [4.78, 5) is 17.5. The van der Waals surface area contributed by atoms with Crippen LogP contribution in [0.4, 0.5) is 4.39 Å². The van der Waals surface area contributed by atoms with Gasteiger partial charge in [-0.05, 0) is 36.2 Å². The number of benzene rings is 2. The van der Waals surface area contributed by atoms with E-state index in [1.807, 2.05) is 0 Å². The molecule has 0 radical (unpaired) electrons. The number of methoxy groups -OCH3 is 1. The first kappa shape index (κ1) is 18.9. The van der Waals surface area contributed by atoms with Gasteiger partial charge < -0.3 is 4.74 Å². The molecule has 4 nitrogen and oxygen atoms in total. The van der Waals surface area contributed by atoms with Crippen molar-refractivity contribution in [2.45, 2.75) is 23.9 Å². The molecule has 0 saturated heterocycles. The zero-order valence-electron chi connectivity index (χ0n) is 14.2. The van der Waals surface area contributed by atoms with Crippen molar-refractivity contribution in [3.63, 3.8) is 0 Å². The van der Waals surface area contributed by atoms with Gasteiger partial charge in [-0.3, -0.25) is 9.36 Å². The van der Waals surface area contributed by atoms with Gasteiger partial charge in [0.2, 0.25) is 0 Å². The highest BCUT2D eigenvalue weighted by molar-refractivity contribution is 7.98. The lowest BCUT2D eigenvalue weighted by molar-refractivity contribution is 0.189.